The van der Waals surface area contributed by atoms with Crippen molar-refractivity contribution in [3.8, 4) is 0 Å². The van der Waals surface area contributed by atoms with Gasteiger partial charge < -0.3 is 15.0 Å². The lowest BCUT2D eigenvalue weighted by atomic mass is 9.88. The van der Waals surface area contributed by atoms with Gasteiger partial charge in [-0.25, -0.2) is 13.6 Å². The minimum absolute atomic E-state index is 0.0683. The van der Waals surface area contributed by atoms with Crippen molar-refractivity contribution in [1.82, 2.24) is 10.2 Å². The van der Waals surface area contributed by atoms with Crippen LogP contribution in [0.25, 0.3) is 0 Å². The van der Waals surface area contributed by atoms with Crippen molar-refractivity contribution < 1.29 is 18.3 Å². The Labute approximate surface area is 183 Å². The number of amides is 1. The number of alkyl carbamates (subject to hydrolysis) is 1. The fourth-order valence-corrected chi connectivity index (χ4v) is 4.00. The van der Waals surface area contributed by atoms with Crippen LogP contribution in [0.5, 0.6) is 0 Å². The van der Waals surface area contributed by atoms with Gasteiger partial charge in [-0.3, -0.25) is 0 Å². The predicted octanol–water partition coefficient (Wildman–Crippen LogP) is 5.48. The topological polar surface area (TPSA) is 41.6 Å². The molecular formula is C25H32F2N2O2. The van der Waals surface area contributed by atoms with E-state index in [0.717, 1.165) is 50.0 Å². The standard InChI is InChI=1S/C25H32F2N2O2/c1-25(2,3)31-24(30)28-22-12-15-29(16-13-22)17-14-23(18-4-8-20(26)9-5-18)19-6-10-21(27)11-7-19/h4-11,22-23H,12-17H2,1-3H3,(H,28,30). The van der Waals surface area contributed by atoms with E-state index in [9.17, 15) is 13.6 Å². The quantitative estimate of drug-likeness (QED) is 0.660. The van der Waals surface area contributed by atoms with Crippen LogP contribution in [0.3, 0.4) is 0 Å². The summed E-state index contributed by atoms with van der Waals surface area (Å²) >= 11 is 0. The van der Waals surface area contributed by atoms with E-state index in [1.807, 2.05) is 20.8 Å². The summed E-state index contributed by atoms with van der Waals surface area (Å²) in [5.41, 5.74) is 1.55. The third kappa shape index (κ3) is 7.31. The molecule has 0 bridgehead atoms. The van der Waals surface area contributed by atoms with E-state index in [1.165, 1.54) is 24.3 Å². The number of piperidine rings is 1. The van der Waals surface area contributed by atoms with E-state index in [0.29, 0.717) is 0 Å². The number of rotatable bonds is 6. The van der Waals surface area contributed by atoms with Crippen LogP contribution in [0.2, 0.25) is 0 Å². The number of benzene rings is 2. The van der Waals surface area contributed by atoms with Gasteiger partial charge in [0.15, 0.2) is 0 Å². The number of hydrogen-bond donors (Lipinski definition) is 1. The second-order valence-electron chi connectivity index (χ2n) is 9.21. The lowest BCUT2D eigenvalue weighted by molar-refractivity contribution is 0.0478. The Morgan fingerprint density at radius 2 is 1.48 bits per heavy atom. The van der Waals surface area contributed by atoms with Crippen molar-refractivity contribution in [3.63, 3.8) is 0 Å². The smallest absolute Gasteiger partial charge is 0.407 e. The molecule has 0 aliphatic carbocycles. The van der Waals surface area contributed by atoms with E-state index in [1.54, 1.807) is 24.3 Å². The SMILES string of the molecule is CC(C)(C)OC(=O)NC1CCN(CCC(c2ccc(F)cc2)c2ccc(F)cc2)CC1. The van der Waals surface area contributed by atoms with Gasteiger partial charge in [0.25, 0.3) is 0 Å². The molecule has 0 saturated carbocycles. The lowest BCUT2D eigenvalue weighted by Crippen LogP contribution is -2.46. The summed E-state index contributed by atoms with van der Waals surface area (Å²) in [5, 5.41) is 2.96. The van der Waals surface area contributed by atoms with Crippen molar-refractivity contribution in [2.24, 2.45) is 0 Å². The third-order valence-electron chi connectivity index (χ3n) is 5.59. The Kier molecular flexibility index (Phi) is 7.65. The van der Waals surface area contributed by atoms with Crippen LogP contribution < -0.4 is 5.32 Å². The van der Waals surface area contributed by atoms with Gasteiger partial charge in [-0.1, -0.05) is 24.3 Å². The molecule has 1 N–H and O–H groups in total. The largest absolute Gasteiger partial charge is 0.444 e. The van der Waals surface area contributed by atoms with E-state index >= 15 is 0 Å². The van der Waals surface area contributed by atoms with Crippen LogP contribution in [0.15, 0.2) is 48.5 Å². The summed E-state index contributed by atoms with van der Waals surface area (Å²) in [6.07, 6.45) is 2.23. The summed E-state index contributed by atoms with van der Waals surface area (Å²) in [6, 6.07) is 13.2. The number of ether oxygens (including phenoxy) is 1. The van der Waals surface area contributed by atoms with E-state index in [-0.39, 0.29) is 29.7 Å². The molecule has 1 saturated heterocycles. The minimum Gasteiger partial charge on any atom is -0.444 e. The van der Waals surface area contributed by atoms with E-state index in [2.05, 4.69) is 10.2 Å². The number of carbonyl (C=O) groups excluding carboxylic acids is 1. The summed E-state index contributed by atoms with van der Waals surface area (Å²) in [5.74, 6) is -0.457. The van der Waals surface area contributed by atoms with Crippen molar-refractivity contribution in [1.29, 1.82) is 0 Å². The number of hydrogen-bond acceptors (Lipinski definition) is 3. The van der Waals surface area contributed by atoms with Gasteiger partial charge in [-0.05, 0) is 82.0 Å². The molecule has 1 fully saturated rings. The van der Waals surface area contributed by atoms with Gasteiger partial charge in [0, 0.05) is 25.0 Å². The zero-order chi connectivity index (χ0) is 22.4. The molecule has 31 heavy (non-hydrogen) atoms. The molecular weight excluding hydrogens is 398 g/mol. The Hall–Kier alpha value is -2.47. The molecule has 3 rings (SSSR count). The summed E-state index contributed by atoms with van der Waals surface area (Å²) in [6.45, 7) is 8.22. The predicted molar refractivity (Wildman–Crippen MR) is 118 cm³/mol. The summed E-state index contributed by atoms with van der Waals surface area (Å²) < 4.78 is 32.2. The first-order chi connectivity index (χ1) is 14.7. The Bertz CT molecular complexity index is 794. The molecule has 0 unspecified atom stereocenters. The van der Waals surface area contributed by atoms with Crippen LogP contribution in [0.1, 0.15) is 57.1 Å². The van der Waals surface area contributed by atoms with Crippen molar-refractivity contribution in [2.45, 2.75) is 57.6 Å². The Balaban J connectivity index is 1.55. The van der Waals surface area contributed by atoms with Gasteiger partial charge in [0.2, 0.25) is 0 Å². The molecule has 2 aromatic carbocycles. The normalized spacial score (nSPS) is 15.8. The van der Waals surface area contributed by atoms with Gasteiger partial charge in [-0.15, -0.1) is 0 Å². The third-order valence-corrected chi connectivity index (χ3v) is 5.59. The first-order valence-corrected chi connectivity index (χ1v) is 10.9. The van der Waals surface area contributed by atoms with Gasteiger partial charge in [0.1, 0.15) is 17.2 Å². The van der Waals surface area contributed by atoms with Crippen LogP contribution in [0, 0.1) is 11.6 Å². The second-order valence-corrected chi connectivity index (χ2v) is 9.21. The molecule has 0 radical (unpaired) electrons. The van der Waals surface area contributed by atoms with Crippen LogP contribution in [-0.2, 0) is 4.74 Å². The first-order valence-electron chi connectivity index (χ1n) is 10.9. The molecule has 168 valence electrons. The number of halogens is 2. The molecule has 1 heterocycles. The molecule has 1 aliphatic rings. The van der Waals surface area contributed by atoms with Crippen LogP contribution in [0.4, 0.5) is 13.6 Å². The molecule has 4 nitrogen and oxygen atoms in total. The molecule has 0 atom stereocenters. The average Bonchev–Trinajstić information content (AvgIpc) is 2.70. The number of likely N-dealkylation sites (tertiary alicyclic amines) is 1. The molecule has 6 heteroatoms. The van der Waals surface area contributed by atoms with Gasteiger partial charge in [0.05, 0.1) is 0 Å². The zero-order valence-electron chi connectivity index (χ0n) is 18.5. The van der Waals surface area contributed by atoms with Gasteiger partial charge in [-0.2, -0.15) is 0 Å². The molecule has 2 aromatic rings. The van der Waals surface area contributed by atoms with Crippen molar-refractivity contribution in [2.75, 3.05) is 19.6 Å². The number of nitrogens with zero attached hydrogens (tertiary/aromatic N) is 1. The molecule has 0 spiro atoms. The Morgan fingerprint density at radius 3 is 1.94 bits per heavy atom. The fraction of sp³-hybridized carbons (Fsp3) is 0.480. The maximum absolute atomic E-state index is 13.4. The lowest BCUT2D eigenvalue weighted by Gasteiger charge is -2.33. The highest BCUT2D eigenvalue weighted by Gasteiger charge is 2.24. The molecule has 1 aliphatic heterocycles. The van der Waals surface area contributed by atoms with Crippen molar-refractivity contribution >= 4 is 6.09 Å². The van der Waals surface area contributed by atoms with Crippen molar-refractivity contribution in [3.05, 3.63) is 71.3 Å². The molecule has 1 amide bonds. The first kappa shape index (κ1) is 23.2. The summed E-state index contributed by atoms with van der Waals surface area (Å²) in [4.78, 5) is 14.4. The number of nitrogens with one attached hydrogen (secondary N) is 1. The maximum Gasteiger partial charge on any atom is 0.407 e. The second kappa shape index (κ2) is 10.2. The highest BCUT2D eigenvalue weighted by Crippen LogP contribution is 2.29. The minimum atomic E-state index is -0.499. The maximum atomic E-state index is 13.4. The van der Waals surface area contributed by atoms with Crippen LogP contribution in [-0.4, -0.2) is 42.3 Å². The van der Waals surface area contributed by atoms with E-state index in [4.69, 9.17) is 4.74 Å². The Morgan fingerprint density at radius 1 is 1.00 bits per heavy atom. The monoisotopic (exact) mass is 430 g/mol. The zero-order valence-corrected chi connectivity index (χ0v) is 18.5. The summed E-state index contributed by atoms with van der Waals surface area (Å²) in [7, 11) is 0. The van der Waals surface area contributed by atoms with Gasteiger partial charge >= 0.3 is 6.09 Å². The molecule has 0 aromatic heterocycles. The highest BCUT2D eigenvalue weighted by atomic mass is 19.1. The van der Waals surface area contributed by atoms with E-state index < -0.39 is 5.60 Å². The number of carbonyl (C=O) groups is 1. The average molecular weight is 431 g/mol. The van der Waals surface area contributed by atoms with Crippen LogP contribution >= 0.6 is 0 Å². The highest BCUT2D eigenvalue weighted by molar-refractivity contribution is 5.68. The fourth-order valence-electron chi connectivity index (χ4n) is 4.00.